The minimum absolute atomic E-state index is 0.0917. The highest BCUT2D eigenvalue weighted by Crippen LogP contribution is 2.26. The van der Waals surface area contributed by atoms with E-state index in [9.17, 15) is 18.0 Å². The second-order valence-corrected chi connectivity index (χ2v) is 13.4. The van der Waals surface area contributed by atoms with Crippen molar-refractivity contribution in [1.29, 1.82) is 0 Å². The number of hydrogen-bond donors (Lipinski definition) is 1. The molecule has 0 aliphatic rings. The van der Waals surface area contributed by atoms with E-state index < -0.39 is 34.1 Å². The molecule has 3 rings (SSSR count). The van der Waals surface area contributed by atoms with Crippen LogP contribution >= 0.6 is 0 Å². The van der Waals surface area contributed by atoms with E-state index in [2.05, 4.69) is 19.2 Å². The van der Waals surface area contributed by atoms with E-state index >= 15 is 0 Å². The standard InChI is InChI=1S/C33H43N3O4S/c1-7-30(32(38)34-33(4,5)6)35(23-22-26-14-10-8-11-15-26)31(37)24-36(28-20-18-27(19-21-28)25(2)3)41(39,40)29-16-12-9-13-17-29/h8-21,25,30H,7,22-24H2,1-6H3,(H,34,38). The van der Waals surface area contributed by atoms with Gasteiger partial charge in [0, 0.05) is 12.1 Å². The summed E-state index contributed by atoms with van der Waals surface area (Å²) in [5.74, 6) is -0.436. The third-order valence-corrected chi connectivity index (χ3v) is 8.61. The number of anilines is 1. The third-order valence-electron chi connectivity index (χ3n) is 6.83. The molecule has 220 valence electrons. The van der Waals surface area contributed by atoms with E-state index in [1.807, 2.05) is 70.2 Å². The molecule has 1 unspecified atom stereocenters. The van der Waals surface area contributed by atoms with Gasteiger partial charge in [0.25, 0.3) is 10.0 Å². The van der Waals surface area contributed by atoms with E-state index in [1.54, 1.807) is 30.3 Å². The van der Waals surface area contributed by atoms with Gasteiger partial charge in [0.1, 0.15) is 12.6 Å². The molecule has 8 heteroatoms. The Hall–Kier alpha value is -3.65. The van der Waals surface area contributed by atoms with Crippen LogP contribution in [0.1, 0.15) is 65.0 Å². The molecule has 0 saturated heterocycles. The molecule has 3 aromatic carbocycles. The van der Waals surface area contributed by atoms with Crippen molar-refractivity contribution in [3.8, 4) is 0 Å². The first-order chi connectivity index (χ1) is 19.3. The lowest BCUT2D eigenvalue weighted by Crippen LogP contribution is -2.56. The van der Waals surface area contributed by atoms with E-state index in [0.29, 0.717) is 18.5 Å². The molecule has 2 amide bonds. The fraction of sp³-hybridized carbons (Fsp3) is 0.394. The van der Waals surface area contributed by atoms with Gasteiger partial charge in [-0.05, 0) is 74.9 Å². The van der Waals surface area contributed by atoms with Gasteiger partial charge in [0.05, 0.1) is 10.6 Å². The van der Waals surface area contributed by atoms with Gasteiger partial charge in [-0.1, -0.05) is 81.4 Å². The second kappa shape index (κ2) is 13.8. The average molecular weight is 578 g/mol. The van der Waals surface area contributed by atoms with Gasteiger partial charge in [-0.25, -0.2) is 8.42 Å². The first-order valence-electron chi connectivity index (χ1n) is 14.2. The van der Waals surface area contributed by atoms with Gasteiger partial charge in [-0.3, -0.25) is 13.9 Å². The van der Waals surface area contributed by atoms with Gasteiger partial charge >= 0.3 is 0 Å². The molecule has 0 saturated carbocycles. The quantitative estimate of drug-likeness (QED) is 0.296. The van der Waals surface area contributed by atoms with Gasteiger partial charge < -0.3 is 10.2 Å². The Balaban J connectivity index is 2.02. The Labute approximate surface area is 245 Å². The van der Waals surface area contributed by atoms with Crippen LogP contribution in [0.2, 0.25) is 0 Å². The molecule has 0 aliphatic carbocycles. The second-order valence-electron chi connectivity index (χ2n) is 11.6. The highest BCUT2D eigenvalue weighted by atomic mass is 32.2. The average Bonchev–Trinajstić information content (AvgIpc) is 2.93. The number of sulfonamides is 1. The number of carbonyl (C=O) groups excluding carboxylic acids is 2. The smallest absolute Gasteiger partial charge is 0.264 e. The molecular weight excluding hydrogens is 534 g/mol. The minimum Gasteiger partial charge on any atom is -0.350 e. The van der Waals surface area contributed by atoms with Gasteiger partial charge in [-0.15, -0.1) is 0 Å². The number of nitrogens with zero attached hydrogens (tertiary/aromatic N) is 2. The van der Waals surface area contributed by atoms with E-state index in [0.717, 1.165) is 15.4 Å². The number of hydrogen-bond acceptors (Lipinski definition) is 4. The lowest BCUT2D eigenvalue weighted by molar-refractivity contribution is -0.140. The highest BCUT2D eigenvalue weighted by Gasteiger charge is 2.34. The molecule has 41 heavy (non-hydrogen) atoms. The predicted molar refractivity (Wildman–Crippen MR) is 165 cm³/mol. The summed E-state index contributed by atoms with van der Waals surface area (Å²) in [6, 6.07) is 24.3. The summed E-state index contributed by atoms with van der Waals surface area (Å²) in [6.45, 7) is 11.5. The molecule has 0 spiro atoms. The maximum Gasteiger partial charge on any atom is 0.264 e. The van der Waals surface area contributed by atoms with E-state index in [-0.39, 0.29) is 23.3 Å². The van der Waals surface area contributed by atoms with Crippen LogP contribution in [0.4, 0.5) is 5.69 Å². The Kier molecular flexibility index (Phi) is 10.7. The number of rotatable bonds is 12. The first-order valence-corrected chi connectivity index (χ1v) is 15.6. The summed E-state index contributed by atoms with van der Waals surface area (Å²) in [4.78, 5) is 29.1. The summed E-state index contributed by atoms with van der Waals surface area (Å²) in [7, 11) is -4.08. The SMILES string of the molecule is CCC(C(=O)NC(C)(C)C)N(CCc1ccccc1)C(=O)CN(c1ccc(C(C)C)cc1)S(=O)(=O)c1ccccc1. The van der Waals surface area contributed by atoms with Crippen molar-refractivity contribution >= 4 is 27.5 Å². The maximum atomic E-state index is 14.1. The molecule has 3 aromatic rings. The Morgan fingerprint density at radius 3 is 1.93 bits per heavy atom. The predicted octanol–water partition coefficient (Wildman–Crippen LogP) is 5.77. The van der Waals surface area contributed by atoms with E-state index in [1.165, 1.54) is 17.0 Å². The van der Waals surface area contributed by atoms with Crippen molar-refractivity contribution in [1.82, 2.24) is 10.2 Å². The van der Waals surface area contributed by atoms with Crippen molar-refractivity contribution in [3.63, 3.8) is 0 Å². The number of carbonyl (C=O) groups is 2. The van der Waals surface area contributed by atoms with Crippen molar-refractivity contribution in [2.45, 2.75) is 76.8 Å². The van der Waals surface area contributed by atoms with Crippen LogP contribution in [0.25, 0.3) is 0 Å². The van der Waals surface area contributed by atoms with Crippen LogP contribution in [0.3, 0.4) is 0 Å². The molecule has 0 aromatic heterocycles. The number of nitrogens with one attached hydrogen (secondary N) is 1. The molecule has 0 bridgehead atoms. The molecule has 7 nitrogen and oxygen atoms in total. The van der Waals surface area contributed by atoms with Gasteiger partial charge in [-0.2, -0.15) is 0 Å². The zero-order valence-electron chi connectivity index (χ0n) is 25.0. The van der Waals surface area contributed by atoms with Crippen LogP contribution in [-0.2, 0) is 26.0 Å². The molecule has 0 aliphatic heterocycles. The van der Waals surface area contributed by atoms with Gasteiger partial charge in [0.15, 0.2) is 0 Å². The summed E-state index contributed by atoms with van der Waals surface area (Å²) >= 11 is 0. The zero-order valence-corrected chi connectivity index (χ0v) is 25.8. The fourth-order valence-electron chi connectivity index (χ4n) is 4.62. The molecule has 0 heterocycles. The maximum absolute atomic E-state index is 14.1. The van der Waals surface area contributed by atoms with Crippen molar-refractivity contribution in [3.05, 3.63) is 96.1 Å². The summed E-state index contributed by atoms with van der Waals surface area (Å²) < 4.78 is 29.0. The monoisotopic (exact) mass is 577 g/mol. The van der Waals surface area contributed by atoms with Crippen LogP contribution < -0.4 is 9.62 Å². The van der Waals surface area contributed by atoms with Gasteiger partial charge in [0.2, 0.25) is 11.8 Å². The summed E-state index contributed by atoms with van der Waals surface area (Å²) in [6.07, 6.45) is 0.914. The third kappa shape index (κ3) is 8.67. The summed E-state index contributed by atoms with van der Waals surface area (Å²) in [5, 5.41) is 3.00. The van der Waals surface area contributed by atoms with Crippen LogP contribution in [0.15, 0.2) is 89.8 Å². The van der Waals surface area contributed by atoms with Crippen molar-refractivity contribution in [2.24, 2.45) is 0 Å². The molecule has 0 fully saturated rings. The highest BCUT2D eigenvalue weighted by molar-refractivity contribution is 7.92. The molecule has 1 N–H and O–H groups in total. The molecule has 1 atom stereocenters. The number of amides is 2. The Bertz CT molecular complexity index is 1380. The van der Waals surface area contributed by atoms with Crippen molar-refractivity contribution < 1.29 is 18.0 Å². The largest absolute Gasteiger partial charge is 0.350 e. The van der Waals surface area contributed by atoms with Crippen molar-refractivity contribution in [2.75, 3.05) is 17.4 Å². The van der Waals surface area contributed by atoms with E-state index in [4.69, 9.17) is 0 Å². The molecular formula is C33H43N3O4S. The van der Waals surface area contributed by atoms with Crippen LogP contribution in [0.5, 0.6) is 0 Å². The lowest BCUT2D eigenvalue weighted by Gasteiger charge is -2.34. The Morgan fingerprint density at radius 1 is 0.854 bits per heavy atom. The fourth-order valence-corrected chi connectivity index (χ4v) is 6.06. The van der Waals surface area contributed by atoms with Crippen LogP contribution in [-0.4, -0.2) is 49.8 Å². The lowest BCUT2D eigenvalue weighted by atomic mass is 10.0. The topological polar surface area (TPSA) is 86.8 Å². The Morgan fingerprint density at radius 2 is 1.41 bits per heavy atom. The first kappa shape index (κ1) is 31.9. The minimum atomic E-state index is -4.08. The van der Waals surface area contributed by atoms with Crippen LogP contribution in [0, 0.1) is 0 Å². The normalized spacial score (nSPS) is 12.6. The zero-order chi connectivity index (χ0) is 30.2. The summed E-state index contributed by atoms with van der Waals surface area (Å²) in [5.41, 5.74) is 1.99. The molecule has 0 radical (unpaired) electrons. The number of benzene rings is 3.